The molecule has 0 bridgehead atoms. The van der Waals surface area contributed by atoms with Crippen molar-refractivity contribution < 1.29 is 5.11 Å². The zero-order valence-electron chi connectivity index (χ0n) is 8.58. The highest BCUT2D eigenvalue weighted by Crippen LogP contribution is 2.25. The normalized spacial score (nSPS) is 20.4. The van der Waals surface area contributed by atoms with Crippen molar-refractivity contribution in [1.29, 1.82) is 0 Å². The summed E-state index contributed by atoms with van der Waals surface area (Å²) in [6.45, 7) is 2.10. The van der Waals surface area contributed by atoms with Crippen LogP contribution in [0.5, 0.6) is 0 Å². The van der Waals surface area contributed by atoms with Crippen LogP contribution in [0.4, 0.5) is 0 Å². The molecule has 0 amide bonds. The molecule has 15 heavy (non-hydrogen) atoms. The number of hydrogen-bond acceptors (Lipinski definition) is 3. The molecule has 1 unspecified atom stereocenters. The Morgan fingerprint density at radius 1 is 1.53 bits per heavy atom. The summed E-state index contributed by atoms with van der Waals surface area (Å²) in [6.07, 6.45) is 2.85. The molecular formula is C11H16BrNOS. The van der Waals surface area contributed by atoms with Crippen LogP contribution in [0, 0.1) is 5.92 Å². The first-order chi connectivity index (χ1) is 7.25. The van der Waals surface area contributed by atoms with E-state index in [-0.39, 0.29) is 6.10 Å². The second kappa shape index (κ2) is 5.43. The minimum Gasteiger partial charge on any atom is -0.392 e. The summed E-state index contributed by atoms with van der Waals surface area (Å²) in [5.74, 6) is 0.479. The zero-order chi connectivity index (χ0) is 10.7. The quantitative estimate of drug-likeness (QED) is 0.896. The molecule has 1 aromatic rings. The van der Waals surface area contributed by atoms with Gasteiger partial charge in [0, 0.05) is 21.2 Å². The van der Waals surface area contributed by atoms with Crippen LogP contribution >= 0.6 is 27.3 Å². The van der Waals surface area contributed by atoms with E-state index in [9.17, 15) is 5.11 Å². The third kappa shape index (κ3) is 3.28. The summed E-state index contributed by atoms with van der Waals surface area (Å²) in [5, 5.41) is 15.5. The largest absolute Gasteiger partial charge is 0.392 e. The number of rotatable bonds is 3. The van der Waals surface area contributed by atoms with E-state index in [1.807, 2.05) is 0 Å². The lowest BCUT2D eigenvalue weighted by Crippen LogP contribution is -2.34. The molecule has 2 rings (SSSR count). The molecule has 1 aromatic heterocycles. The Bertz CT molecular complexity index is 309. The van der Waals surface area contributed by atoms with Crippen LogP contribution in [0.1, 0.15) is 17.7 Å². The fraction of sp³-hybridized carbons (Fsp3) is 0.636. The number of piperidine rings is 1. The van der Waals surface area contributed by atoms with E-state index in [1.54, 1.807) is 11.3 Å². The van der Waals surface area contributed by atoms with Gasteiger partial charge in [-0.05, 0) is 53.8 Å². The highest BCUT2D eigenvalue weighted by molar-refractivity contribution is 9.10. The molecule has 0 aliphatic carbocycles. The van der Waals surface area contributed by atoms with E-state index in [1.165, 1.54) is 4.88 Å². The van der Waals surface area contributed by atoms with Gasteiger partial charge >= 0.3 is 0 Å². The van der Waals surface area contributed by atoms with Gasteiger partial charge in [-0.2, -0.15) is 0 Å². The Labute approximate surface area is 103 Å². The average molecular weight is 290 g/mol. The van der Waals surface area contributed by atoms with E-state index in [4.69, 9.17) is 0 Å². The first-order valence-corrected chi connectivity index (χ1v) is 7.04. The molecule has 1 fully saturated rings. The molecule has 2 heterocycles. The van der Waals surface area contributed by atoms with Crippen LogP contribution in [0.3, 0.4) is 0 Å². The third-order valence-electron chi connectivity index (χ3n) is 2.96. The maximum atomic E-state index is 10.1. The molecule has 0 aromatic carbocycles. The first kappa shape index (κ1) is 11.6. The number of aliphatic hydroxyl groups excluding tert-OH is 1. The number of thiophene rings is 1. The van der Waals surface area contributed by atoms with Gasteiger partial charge in [-0.3, -0.25) is 0 Å². The van der Waals surface area contributed by atoms with Crippen molar-refractivity contribution in [3.05, 3.63) is 20.8 Å². The summed E-state index contributed by atoms with van der Waals surface area (Å²) < 4.78 is 1.13. The Kier molecular flexibility index (Phi) is 4.20. The SMILES string of the molecule is OC(Cc1cc(Br)cs1)C1CCNCC1. The summed E-state index contributed by atoms with van der Waals surface area (Å²) in [4.78, 5) is 1.27. The van der Waals surface area contributed by atoms with Crippen molar-refractivity contribution in [3.8, 4) is 0 Å². The predicted molar refractivity (Wildman–Crippen MR) is 67.3 cm³/mol. The van der Waals surface area contributed by atoms with Gasteiger partial charge in [-0.15, -0.1) is 11.3 Å². The van der Waals surface area contributed by atoms with Gasteiger partial charge in [0.15, 0.2) is 0 Å². The van der Waals surface area contributed by atoms with Gasteiger partial charge in [0.1, 0.15) is 0 Å². The Hall–Kier alpha value is 0.1000. The molecule has 1 aliphatic rings. The molecule has 2 nitrogen and oxygen atoms in total. The average Bonchev–Trinajstić information content (AvgIpc) is 2.65. The summed E-state index contributed by atoms with van der Waals surface area (Å²) in [5.41, 5.74) is 0. The second-order valence-corrected chi connectivity index (χ2v) is 6.00. The number of aliphatic hydroxyl groups is 1. The number of nitrogens with one attached hydrogen (secondary N) is 1. The standard InChI is InChI=1S/C11H16BrNOS/c12-9-5-10(15-7-9)6-11(14)8-1-3-13-4-2-8/h5,7-8,11,13-14H,1-4,6H2. The maximum Gasteiger partial charge on any atom is 0.0617 e. The van der Waals surface area contributed by atoms with Crippen LogP contribution in [0.25, 0.3) is 0 Å². The van der Waals surface area contributed by atoms with Gasteiger partial charge in [-0.1, -0.05) is 0 Å². The second-order valence-electron chi connectivity index (χ2n) is 4.09. The predicted octanol–water partition coefficient (Wildman–Crippen LogP) is 2.41. The Morgan fingerprint density at radius 3 is 2.87 bits per heavy atom. The summed E-state index contributed by atoms with van der Waals surface area (Å²) >= 11 is 5.16. The van der Waals surface area contributed by atoms with E-state index in [0.29, 0.717) is 5.92 Å². The van der Waals surface area contributed by atoms with Crippen molar-refractivity contribution in [2.75, 3.05) is 13.1 Å². The Morgan fingerprint density at radius 2 is 2.27 bits per heavy atom. The molecule has 84 valence electrons. The van der Waals surface area contributed by atoms with Gasteiger partial charge in [0.25, 0.3) is 0 Å². The fourth-order valence-electron chi connectivity index (χ4n) is 2.06. The summed E-state index contributed by atoms with van der Waals surface area (Å²) in [6, 6.07) is 2.11. The molecule has 2 N–H and O–H groups in total. The zero-order valence-corrected chi connectivity index (χ0v) is 11.0. The lowest BCUT2D eigenvalue weighted by molar-refractivity contribution is 0.0897. The number of halogens is 1. The molecule has 0 saturated carbocycles. The van der Waals surface area contributed by atoms with Crippen LogP contribution < -0.4 is 5.32 Å². The highest BCUT2D eigenvalue weighted by Gasteiger charge is 2.21. The molecule has 0 radical (unpaired) electrons. The van der Waals surface area contributed by atoms with Crippen molar-refractivity contribution >= 4 is 27.3 Å². The van der Waals surface area contributed by atoms with Crippen LogP contribution in [0.2, 0.25) is 0 Å². The van der Waals surface area contributed by atoms with Gasteiger partial charge in [0.2, 0.25) is 0 Å². The lowest BCUT2D eigenvalue weighted by Gasteiger charge is -2.26. The summed E-state index contributed by atoms with van der Waals surface area (Å²) in [7, 11) is 0. The van der Waals surface area contributed by atoms with E-state index >= 15 is 0 Å². The van der Waals surface area contributed by atoms with Crippen LogP contribution in [-0.2, 0) is 6.42 Å². The van der Waals surface area contributed by atoms with E-state index < -0.39 is 0 Å². The van der Waals surface area contributed by atoms with Crippen molar-refractivity contribution in [2.45, 2.75) is 25.4 Å². The molecular weight excluding hydrogens is 274 g/mol. The number of hydrogen-bond donors (Lipinski definition) is 2. The lowest BCUT2D eigenvalue weighted by atomic mass is 9.90. The minimum atomic E-state index is -0.169. The van der Waals surface area contributed by atoms with E-state index in [0.717, 1.165) is 36.8 Å². The fourth-order valence-corrected chi connectivity index (χ4v) is 3.56. The van der Waals surface area contributed by atoms with E-state index in [2.05, 4.69) is 32.7 Å². The molecule has 1 saturated heterocycles. The van der Waals surface area contributed by atoms with Crippen LogP contribution in [0.15, 0.2) is 15.9 Å². The van der Waals surface area contributed by atoms with Gasteiger partial charge < -0.3 is 10.4 Å². The van der Waals surface area contributed by atoms with Crippen LogP contribution in [-0.4, -0.2) is 24.3 Å². The highest BCUT2D eigenvalue weighted by atomic mass is 79.9. The molecule has 4 heteroatoms. The first-order valence-electron chi connectivity index (χ1n) is 5.37. The molecule has 1 atom stereocenters. The van der Waals surface area contributed by atoms with Crippen molar-refractivity contribution in [2.24, 2.45) is 5.92 Å². The monoisotopic (exact) mass is 289 g/mol. The van der Waals surface area contributed by atoms with Gasteiger partial charge in [0.05, 0.1) is 6.10 Å². The smallest absolute Gasteiger partial charge is 0.0617 e. The van der Waals surface area contributed by atoms with Crippen molar-refractivity contribution in [1.82, 2.24) is 5.32 Å². The third-order valence-corrected chi connectivity index (χ3v) is 4.68. The molecule has 0 spiro atoms. The minimum absolute atomic E-state index is 0.169. The topological polar surface area (TPSA) is 32.3 Å². The maximum absolute atomic E-state index is 10.1. The Balaban J connectivity index is 1.88. The van der Waals surface area contributed by atoms with Crippen molar-refractivity contribution in [3.63, 3.8) is 0 Å². The molecule has 1 aliphatic heterocycles. The van der Waals surface area contributed by atoms with Gasteiger partial charge in [-0.25, -0.2) is 0 Å².